The summed E-state index contributed by atoms with van der Waals surface area (Å²) >= 11 is 0. The Morgan fingerprint density at radius 2 is 1.39 bits per heavy atom. The molecule has 1 heterocycles. The predicted molar refractivity (Wildman–Crippen MR) is 130 cm³/mol. The van der Waals surface area contributed by atoms with Crippen LogP contribution < -0.4 is 4.90 Å². The highest BCUT2D eigenvalue weighted by Crippen LogP contribution is 2.36. The Morgan fingerprint density at radius 3 is 1.97 bits per heavy atom. The van der Waals surface area contributed by atoms with Crippen LogP contribution in [0.5, 0.6) is 0 Å². The first-order valence-electron chi connectivity index (χ1n) is 11.5. The molecule has 0 unspecified atom stereocenters. The molecule has 5 heteroatoms. The standard InChI is InChI=1S/C28H30N2O3/c1-2-33-27(32)28(18-20-29(21-19-28)22-23-12-6-3-7-13-23)30(25-16-10-5-11-17-25)26(31)24-14-8-4-9-15-24/h3-17H,2,18-22H2,1H3. The summed E-state index contributed by atoms with van der Waals surface area (Å²) in [6, 6.07) is 28.9. The van der Waals surface area contributed by atoms with E-state index in [0.717, 1.165) is 6.54 Å². The van der Waals surface area contributed by atoms with E-state index in [4.69, 9.17) is 4.74 Å². The Morgan fingerprint density at radius 1 is 0.848 bits per heavy atom. The lowest BCUT2D eigenvalue weighted by Gasteiger charge is -2.46. The molecule has 1 fully saturated rings. The van der Waals surface area contributed by atoms with E-state index >= 15 is 0 Å². The molecule has 0 bridgehead atoms. The highest BCUT2D eigenvalue weighted by Gasteiger charge is 2.50. The van der Waals surface area contributed by atoms with Crippen molar-refractivity contribution in [3.05, 3.63) is 102 Å². The smallest absolute Gasteiger partial charge is 0.332 e. The van der Waals surface area contributed by atoms with Crippen molar-refractivity contribution in [2.75, 3.05) is 24.6 Å². The maximum absolute atomic E-state index is 13.8. The second-order valence-electron chi connectivity index (χ2n) is 8.36. The van der Waals surface area contributed by atoms with Crippen LogP contribution >= 0.6 is 0 Å². The number of carbonyl (C=O) groups excluding carboxylic acids is 2. The molecule has 0 saturated carbocycles. The van der Waals surface area contributed by atoms with E-state index in [2.05, 4.69) is 17.0 Å². The van der Waals surface area contributed by atoms with Crippen molar-refractivity contribution in [1.82, 2.24) is 4.90 Å². The Balaban J connectivity index is 1.68. The molecule has 170 valence electrons. The Hall–Kier alpha value is -3.44. The number of hydrogen-bond donors (Lipinski definition) is 0. The van der Waals surface area contributed by atoms with Crippen molar-refractivity contribution in [3.63, 3.8) is 0 Å². The zero-order chi connectivity index (χ0) is 23.1. The number of benzene rings is 3. The summed E-state index contributed by atoms with van der Waals surface area (Å²) in [6.07, 6.45) is 1.01. The van der Waals surface area contributed by atoms with Gasteiger partial charge in [0.1, 0.15) is 5.54 Å². The molecule has 0 N–H and O–H groups in total. The molecule has 3 aromatic rings. The van der Waals surface area contributed by atoms with Crippen LogP contribution in [0.2, 0.25) is 0 Å². The summed E-state index contributed by atoms with van der Waals surface area (Å²) in [6.45, 7) is 4.29. The molecule has 1 amide bonds. The second-order valence-corrected chi connectivity index (χ2v) is 8.36. The first-order chi connectivity index (χ1) is 16.1. The van der Waals surface area contributed by atoms with Gasteiger partial charge >= 0.3 is 5.97 Å². The molecule has 0 atom stereocenters. The molecular formula is C28H30N2O3. The molecule has 33 heavy (non-hydrogen) atoms. The van der Waals surface area contributed by atoms with Crippen LogP contribution in [-0.4, -0.2) is 42.0 Å². The minimum absolute atomic E-state index is 0.189. The van der Waals surface area contributed by atoms with Crippen LogP contribution in [0.15, 0.2) is 91.0 Å². The number of ether oxygens (including phenoxy) is 1. The number of nitrogens with zero attached hydrogens (tertiary/aromatic N) is 2. The lowest BCUT2D eigenvalue weighted by Crippen LogP contribution is -2.62. The molecular weight excluding hydrogens is 412 g/mol. The summed E-state index contributed by atoms with van der Waals surface area (Å²) in [4.78, 5) is 31.4. The first kappa shape index (κ1) is 22.7. The van der Waals surface area contributed by atoms with Gasteiger partial charge in [-0.1, -0.05) is 66.7 Å². The van der Waals surface area contributed by atoms with E-state index in [-0.39, 0.29) is 18.5 Å². The van der Waals surface area contributed by atoms with Crippen molar-refractivity contribution < 1.29 is 14.3 Å². The van der Waals surface area contributed by atoms with Gasteiger partial charge in [-0.2, -0.15) is 0 Å². The SMILES string of the molecule is CCOC(=O)C1(N(C(=O)c2ccccc2)c2ccccc2)CCN(Cc2ccccc2)CC1. The van der Waals surface area contributed by atoms with E-state index in [1.807, 2.05) is 73.7 Å². The van der Waals surface area contributed by atoms with Crippen LogP contribution in [-0.2, 0) is 16.1 Å². The summed E-state index contributed by atoms with van der Waals surface area (Å²) in [5, 5.41) is 0. The maximum atomic E-state index is 13.8. The normalized spacial score (nSPS) is 15.5. The molecule has 1 aliphatic heterocycles. The summed E-state index contributed by atoms with van der Waals surface area (Å²) in [5.41, 5.74) is 1.44. The Bertz CT molecular complexity index is 1050. The van der Waals surface area contributed by atoms with Gasteiger partial charge in [0, 0.05) is 30.9 Å². The van der Waals surface area contributed by atoms with Crippen molar-refractivity contribution >= 4 is 17.6 Å². The van der Waals surface area contributed by atoms with Crippen LogP contribution in [0.25, 0.3) is 0 Å². The third-order valence-electron chi connectivity index (χ3n) is 6.25. The van der Waals surface area contributed by atoms with Gasteiger partial charge < -0.3 is 4.74 Å². The fourth-order valence-corrected chi connectivity index (χ4v) is 4.55. The maximum Gasteiger partial charge on any atom is 0.332 e. The van der Waals surface area contributed by atoms with Crippen LogP contribution in [0, 0.1) is 0 Å². The lowest BCUT2D eigenvalue weighted by molar-refractivity contribution is -0.151. The minimum atomic E-state index is -1.06. The average molecular weight is 443 g/mol. The van der Waals surface area contributed by atoms with Crippen molar-refractivity contribution in [3.8, 4) is 0 Å². The van der Waals surface area contributed by atoms with E-state index < -0.39 is 5.54 Å². The molecule has 3 aromatic carbocycles. The molecule has 0 aromatic heterocycles. The summed E-state index contributed by atoms with van der Waals surface area (Å²) in [5.74, 6) is -0.524. The fourth-order valence-electron chi connectivity index (χ4n) is 4.55. The van der Waals surface area contributed by atoms with E-state index in [1.165, 1.54) is 5.56 Å². The number of esters is 1. The van der Waals surface area contributed by atoms with Crippen LogP contribution in [0.1, 0.15) is 35.7 Å². The lowest BCUT2D eigenvalue weighted by atomic mass is 9.84. The Kier molecular flexibility index (Phi) is 7.20. The molecule has 1 saturated heterocycles. The van der Waals surface area contributed by atoms with Gasteiger partial charge in [0.05, 0.1) is 6.61 Å². The number of rotatable bonds is 7. The monoisotopic (exact) mass is 442 g/mol. The zero-order valence-electron chi connectivity index (χ0n) is 19.0. The van der Waals surface area contributed by atoms with Gasteiger partial charge in [0.2, 0.25) is 0 Å². The van der Waals surface area contributed by atoms with Gasteiger partial charge in [-0.25, -0.2) is 4.79 Å². The fraction of sp³-hybridized carbons (Fsp3) is 0.286. The summed E-state index contributed by atoms with van der Waals surface area (Å²) < 4.78 is 5.58. The molecule has 1 aliphatic rings. The van der Waals surface area contributed by atoms with Crippen molar-refractivity contribution in [1.29, 1.82) is 0 Å². The van der Waals surface area contributed by atoms with E-state index in [1.54, 1.807) is 17.0 Å². The number of para-hydroxylation sites is 1. The number of anilines is 1. The van der Waals surface area contributed by atoms with Crippen LogP contribution in [0.4, 0.5) is 5.69 Å². The van der Waals surface area contributed by atoms with Gasteiger partial charge in [-0.3, -0.25) is 14.6 Å². The second kappa shape index (κ2) is 10.5. The molecule has 0 spiro atoms. The third-order valence-corrected chi connectivity index (χ3v) is 6.25. The van der Waals surface area contributed by atoms with Gasteiger partial charge in [-0.15, -0.1) is 0 Å². The minimum Gasteiger partial charge on any atom is -0.464 e. The van der Waals surface area contributed by atoms with Crippen molar-refractivity contribution in [2.24, 2.45) is 0 Å². The summed E-state index contributed by atoms with van der Waals surface area (Å²) in [7, 11) is 0. The molecule has 4 rings (SSSR count). The largest absolute Gasteiger partial charge is 0.464 e. The van der Waals surface area contributed by atoms with E-state index in [9.17, 15) is 9.59 Å². The quantitative estimate of drug-likeness (QED) is 0.487. The predicted octanol–water partition coefficient (Wildman–Crippen LogP) is 4.93. The average Bonchev–Trinajstić information content (AvgIpc) is 2.87. The Labute approximate surface area is 195 Å². The zero-order valence-corrected chi connectivity index (χ0v) is 19.0. The number of carbonyl (C=O) groups is 2. The number of piperidine rings is 1. The number of hydrogen-bond acceptors (Lipinski definition) is 4. The van der Waals surface area contributed by atoms with Crippen LogP contribution in [0.3, 0.4) is 0 Å². The van der Waals surface area contributed by atoms with Gasteiger partial charge in [0.15, 0.2) is 0 Å². The van der Waals surface area contributed by atoms with Gasteiger partial charge in [-0.05, 0) is 49.6 Å². The van der Waals surface area contributed by atoms with Gasteiger partial charge in [0.25, 0.3) is 5.91 Å². The first-order valence-corrected chi connectivity index (χ1v) is 11.5. The molecule has 5 nitrogen and oxygen atoms in total. The number of likely N-dealkylation sites (tertiary alicyclic amines) is 1. The van der Waals surface area contributed by atoms with E-state index in [0.29, 0.717) is 37.2 Å². The topological polar surface area (TPSA) is 49.9 Å². The third kappa shape index (κ3) is 4.99. The molecule has 0 aliphatic carbocycles. The highest BCUT2D eigenvalue weighted by atomic mass is 16.5. The molecule has 0 radical (unpaired) electrons. The highest BCUT2D eigenvalue weighted by molar-refractivity contribution is 6.10. The number of amides is 1. The van der Waals surface area contributed by atoms with Crippen molar-refractivity contribution in [2.45, 2.75) is 31.8 Å².